The first kappa shape index (κ1) is 17.8. The molecule has 2 N–H and O–H groups in total. The minimum Gasteiger partial charge on any atom is -0.326 e. The topological polar surface area (TPSA) is 44.4 Å². The number of anilines is 1. The van der Waals surface area contributed by atoms with E-state index < -0.39 is 0 Å². The number of aryl methyl sites for hydroxylation is 1. The summed E-state index contributed by atoms with van der Waals surface area (Å²) >= 11 is 2.04. The quantitative estimate of drug-likeness (QED) is 0.830. The lowest BCUT2D eigenvalue weighted by Gasteiger charge is -2.26. The molecule has 1 aromatic rings. The average molecular weight is 348 g/mol. The molecule has 2 heterocycles. The summed E-state index contributed by atoms with van der Waals surface area (Å²) in [5.74, 6) is 3.27. The zero-order valence-electron chi connectivity index (χ0n) is 14.6. The summed E-state index contributed by atoms with van der Waals surface area (Å²) in [6.07, 6.45) is 2.82. The third-order valence-corrected chi connectivity index (χ3v) is 5.97. The minimum absolute atomic E-state index is 0.150. The second kappa shape index (κ2) is 8.88. The Hall–Kier alpha value is -1.04. The molecule has 2 saturated heterocycles. The molecule has 0 spiro atoms. The molecule has 5 heteroatoms. The van der Waals surface area contributed by atoms with Gasteiger partial charge in [0.25, 0.3) is 0 Å². The summed E-state index contributed by atoms with van der Waals surface area (Å²) in [6.45, 7) is 7.54. The number of nitrogens with zero attached hydrogens (tertiary/aromatic N) is 1. The van der Waals surface area contributed by atoms with Gasteiger partial charge in [-0.3, -0.25) is 9.69 Å². The molecule has 0 saturated carbocycles. The van der Waals surface area contributed by atoms with Crippen LogP contribution in [0.4, 0.5) is 5.69 Å². The molecule has 1 unspecified atom stereocenters. The Morgan fingerprint density at radius 1 is 1.38 bits per heavy atom. The molecule has 132 valence electrons. The van der Waals surface area contributed by atoms with Crippen molar-refractivity contribution in [1.29, 1.82) is 0 Å². The van der Waals surface area contributed by atoms with E-state index in [-0.39, 0.29) is 5.91 Å². The molecule has 0 aliphatic carbocycles. The van der Waals surface area contributed by atoms with Crippen molar-refractivity contribution < 1.29 is 4.79 Å². The second-order valence-electron chi connectivity index (χ2n) is 6.98. The standard InChI is InChI=1S/C19H29N3OS/c1-15-2-3-17(14-22-8-10-24-11-9-22)12-18(15)21-19(23)5-4-16-6-7-20-13-16/h2-3,12,16,20H,4-11,13-14H2,1H3,(H,21,23). The van der Waals surface area contributed by atoms with Crippen LogP contribution in [-0.2, 0) is 11.3 Å². The Balaban J connectivity index is 1.53. The highest BCUT2D eigenvalue weighted by atomic mass is 32.2. The average Bonchev–Trinajstić information content (AvgIpc) is 3.11. The van der Waals surface area contributed by atoms with Crippen LogP contribution < -0.4 is 10.6 Å². The lowest BCUT2D eigenvalue weighted by atomic mass is 10.0. The van der Waals surface area contributed by atoms with Crippen LogP contribution in [0.5, 0.6) is 0 Å². The van der Waals surface area contributed by atoms with E-state index in [0.29, 0.717) is 12.3 Å². The van der Waals surface area contributed by atoms with Crippen LogP contribution in [0, 0.1) is 12.8 Å². The lowest BCUT2D eigenvalue weighted by Crippen LogP contribution is -2.32. The van der Waals surface area contributed by atoms with E-state index in [1.54, 1.807) is 0 Å². The maximum absolute atomic E-state index is 12.3. The molecule has 2 fully saturated rings. The first-order valence-electron chi connectivity index (χ1n) is 9.11. The summed E-state index contributed by atoms with van der Waals surface area (Å²) in [6, 6.07) is 6.48. The van der Waals surface area contributed by atoms with E-state index in [1.165, 1.54) is 23.5 Å². The fourth-order valence-corrected chi connectivity index (χ4v) is 4.41. The number of benzene rings is 1. The number of amides is 1. The molecule has 1 atom stereocenters. The predicted octanol–water partition coefficient (Wildman–Crippen LogP) is 2.87. The number of hydrogen-bond acceptors (Lipinski definition) is 4. The Labute approximate surface area is 149 Å². The van der Waals surface area contributed by atoms with Gasteiger partial charge in [-0.2, -0.15) is 11.8 Å². The largest absolute Gasteiger partial charge is 0.326 e. The Bertz CT molecular complexity index is 552. The van der Waals surface area contributed by atoms with Gasteiger partial charge < -0.3 is 10.6 Å². The van der Waals surface area contributed by atoms with Gasteiger partial charge in [0.2, 0.25) is 5.91 Å². The Morgan fingerprint density at radius 3 is 2.96 bits per heavy atom. The van der Waals surface area contributed by atoms with Gasteiger partial charge in [0, 0.05) is 43.2 Å². The van der Waals surface area contributed by atoms with Crippen LogP contribution in [0.1, 0.15) is 30.4 Å². The van der Waals surface area contributed by atoms with E-state index in [0.717, 1.165) is 50.4 Å². The highest BCUT2D eigenvalue weighted by Crippen LogP contribution is 2.21. The van der Waals surface area contributed by atoms with Crippen molar-refractivity contribution in [1.82, 2.24) is 10.2 Å². The van der Waals surface area contributed by atoms with Crippen LogP contribution in [0.15, 0.2) is 18.2 Å². The van der Waals surface area contributed by atoms with Gasteiger partial charge in [-0.05, 0) is 56.0 Å². The summed E-state index contributed by atoms with van der Waals surface area (Å²) in [5.41, 5.74) is 3.42. The number of carbonyl (C=O) groups is 1. The number of carbonyl (C=O) groups excluding carboxylic acids is 1. The molecular formula is C19H29N3OS. The summed E-state index contributed by atoms with van der Waals surface area (Å²) in [5, 5.41) is 6.49. The van der Waals surface area contributed by atoms with Gasteiger partial charge in [-0.15, -0.1) is 0 Å². The van der Waals surface area contributed by atoms with E-state index in [4.69, 9.17) is 0 Å². The van der Waals surface area contributed by atoms with Crippen LogP contribution in [-0.4, -0.2) is 48.5 Å². The zero-order chi connectivity index (χ0) is 16.8. The molecule has 0 bridgehead atoms. The number of hydrogen-bond donors (Lipinski definition) is 2. The molecule has 2 aliphatic heterocycles. The van der Waals surface area contributed by atoms with Crippen LogP contribution in [0.2, 0.25) is 0 Å². The fourth-order valence-electron chi connectivity index (χ4n) is 3.43. The first-order chi connectivity index (χ1) is 11.7. The van der Waals surface area contributed by atoms with Crippen molar-refractivity contribution in [3.63, 3.8) is 0 Å². The van der Waals surface area contributed by atoms with Crippen molar-refractivity contribution in [2.45, 2.75) is 32.7 Å². The van der Waals surface area contributed by atoms with Gasteiger partial charge in [0.1, 0.15) is 0 Å². The molecule has 0 radical (unpaired) electrons. The van der Waals surface area contributed by atoms with Gasteiger partial charge in [-0.25, -0.2) is 0 Å². The van der Waals surface area contributed by atoms with Crippen LogP contribution in [0.3, 0.4) is 0 Å². The second-order valence-corrected chi connectivity index (χ2v) is 8.21. The normalized spacial score (nSPS) is 21.8. The third-order valence-electron chi connectivity index (χ3n) is 5.03. The van der Waals surface area contributed by atoms with Crippen LogP contribution >= 0.6 is 11.8 Å². The first-order valence-corrected chi connectivity index (χ1v) is 10.3. The minimum atomic E-state index is 0.150. The highest BCUT2D eigenvalue weighted by molar-refractivity contribution is 7.99. The third kappa shape index (κ3) is 5.23. The maximum Gasteiger partial charge on any atom is 0.224 e. The van der Waals surface area contributed by atoms with Crippen LogP contribution in [0.25, 0.3) is 0 Å². The van der Waals surface area contributed by atoms with Crippen molar-refractivity contribution in [3.8, 4) is 0 Å². The van der Waals surface area contributed by atoms with E-state index in [1.807, 2.05) is 11.8 Å². The molecule has 4 nitrogen and oxygen atoms in total. The van der Waals surface area contributed by atoms with Gasteiger partial charge in [-0.1, -0.05) is 12.1 Å². The van der Waals surface area contributed by atoms with Crippen molar-refractivity contribution in [2.75, 3.05) is 43.0 Å². The number of nitrogens with one attached hydrogen (secondary N) is 2. The van der Waals surface area contributed by atoms with Crippen molar-refractivity contribution in [3.05, 3.63) is 29.3 Å². The van der Waals surface area contributed by atoms with E-state index in [9.17, 15) is 4.79 Å². The Morgan fingerprint density at radius 2 is 2.21 bits per heavy atom. The summed E-state index contributed by atoms with van der Waals surface area (Å²) in [4.78, 5) is 14.8. The van der Waals surface area contributed by atoms with E-state index in [2.05, 4.69) is 40.7 Å². The van der Waals surface area contributed by atoms with Gasteiger partial charge in [0.05, 0.1) is 0 Å². The monoisotopic (exact) mass is 347 g/mol. The summed E-state index contributed by atoms with van der Waals surface area (Å²) in [7, 11) is 0. The van der Waals surface area contributed by atoms with E-state index >= 15 is 0 Å². The fraction of sp³-hybridized carbons (Fsp3) is 0.632. The maximum atomic E-state index is 12.3. The highest BCUT2D eigenvalue weighted by Gasteiger charge is 2.16. The molecule has 3 rings (SSSR count). The zero-order valence-corrected chi connectivity index (χ0v) is 15.5. The number of thioether (sulfide) groups is 1. The number of rotatable bonds is 6. The lowest BCUT2D eigenvalue weighted by molar-refractivity contribution is -0.116. The Kier molecular flexibility index (Phi) is 6.58. The van der Waals surface area contributed by atoms with Crippen molar-refractivity contribution in [2.24, 2.45) is 5.92 Å². The van der Waals surface area contributed by atoms with Gasteiger partial charge >= 0.3 is 0 Å². The molecule has 24 heavy (non-hydrogen) atoms. The smallest absolute Gasteiger partial charge is 0.224 e. The van der Waals surface area contributed by atoms with Crippen molar-refractivity contribution >= 4 is 23.4 Å². The molecule has 2 aliphatic rings. The predicted molar refractivity (Wildman–Crippen MR) is 103 cm³/mol. The molecule has 1 aromatic carbocycles. The molecule has 1 amide bonds. The van der Waals surface area contributed by atoms with Gasteiger partial charge in [0.15, 0.2) is 0 Å². The SMILES string of the molecule is Cc1ccc(CN2CCSCC2)cc1NC(=O)CCC1CCNC1. The molecule has 0 aromatic heterocycles. The summed E-state index contributed by atoms with van der Waals surface area (Å²) < 4.78 is 0. The molecular weight excluding hydrogens is 318 g/mol.